The van der Waals surface area contributed by atoms with Crippen molar-refractivity contribution in [3.63, 3.8) is 0 Å². The zero-order chi connectivity index (χ0) is 31.1. The van der Waals surface area contributed by atoms with Gasteiger partial charge in [-0.1, -0.05) is 34.6 Å². The molecule has 13 unspecified atom stereocenters. The van der Waals surface area contributed by atoms with Crippen LogP contribution in [0, 0.1) is 51.2 Å². The number of aliphatic hydroxyl groups excluding tert-OH is 3. The molecule has 7 fully saturated rings. The lowest BCUT2D eigenvalue weighted by Crippen LogP contribution is -2.56. The van der Waals surface area contributed by atoms with Crippen molar-refractivity contribution in [1.82, 2.24) is 0 Å². The molecule has 2 saturated heterocycles. The van der Waals surface area contributed by atoms with Crippen LogP contribution in [-0.4, -0.2) is 76.9 Å². The molecule has 0 aromatic carbocycles. The third-order valence-corrected chi connectivity index (χ3v) is 14.0. The first kappa shape index (κ1) is 32.1. The van der Waals surface area contributed by atoms with E-state index in [0.717, 1.165) is 44.9 Å². The van der Waals surface area contributed by atoms with Gasteiger partial charge in [0.25, 0.3) is 0 Å². The van der Waals surface area contributed by atoms with Crippen molar-refractivity contribution in [2.45, 2.75) is 143 Å². The van der Waals surface area contributed by atoms with Gasteiger partial charge in [-0.15, -0.1) is 0 Å². The number of carbonyl (C=O) groups excluding carboxylic acids is 2. The molecule has 0 amide bonds. The molecule has 8 heteroatoms. The number of ketones is 2. The van der Waals surface area contributed by atoms with E-state index in [1.54, 1.807) is 6.92 Å². The minimum Gasteiger partial charge on any atom is -0.394 e. The van der Waals surface area contributed by atoms with E-state index >= 15 is 0 Å². The van der Waals surface area contributed by atoms with Crippen LogP contribution in [0.5, 0.6) is 0 Å². The van der Waals surface area contributed by atoms with Gasteiger partial charge in [-0.2, -0.15) is 0 Å². The zero-order valence-electron chi connectivity index (χ0n) is 27.2. The summed E-state index contributed by atoms with van der Waals surface area (Å²) in [7, 11) is 0. The Bertz CT molecular complexity index is 1090. The summed E-state index contributed by atoms with van der Waals surface area (Å²) in [5.41, 5.74) is 0.618. The van der Waals surface area contributed by atoms with Crippen molar-refractivity contribution < 1.29 is 39.1 Å². The standard InChI is InChI=1S/C30H46O7.C5H10O/c1-27(2)21-7-6-17-24-25(34)26-18(5-4-16(13-31)36-26)28(24,3)10-11-29(17)15-30(21,29)9-8-22(27)37-23-12-19(32)20(33)14-35-23;1-4(2)5(3)6/h16-24,26,31-33H,4-15H2,1-3H3;4H,1-3H3. The second kappa shape index (κ2) is 11.1. The van der Waals surface area contributed by atoms with Crippen LogP contribution in [0.25, 0.3) is 0 Å². The fourth-order valence-corrected chi connectivity index (χ4v) is 11.4. The van der Waals surface area contributed by atoms with Gasteiger partial charge in [0.1, 0.15) is 18.0 Å². The number of fused-ring (bicyclic) bond motifs is 4. The number of carbonyl (C=O) groups is 2. The molecular weight excluding hydrogens is 548 g/mol. The lowest BCUT2D eigenvalue weighted by molar-refractivity contribution is -0.263. The number of ether oxygens (including phenoxy) is 3. The van der Waals surface area contributed by atoms with Crippen molar-refractivity contribution in [2.24, 2.45) is 51.2 Å². The minimum absolute atomic E-state index is 0.0109. The third-order valence-electron chi connectivity index (χ3n) is 14.0. The third kappa shape index (κ3) is 4.83. The lowest BCUT2D eigenvalue weighted by atomic mass is 9.46. The van der Waals surface area contributed by atoms with E-state index in [1.165, 1.54) is 12.8 Å². The lowest BCUT2D eigenvalue weighted by Gasteiger charge is -2.59. The molecule has 5 aliphatic carbocycles. The Morgan fingerprint density at radius 1 is 0.977 bits per heavy atom. The van der Waals surface area contributed by atoms with Crippen molar-refractivity contribution in [3.8, 4) is 0 Å². The maximum atomic E-state index is 14.0. The number of rotatable bonds is 4. The Morgan fingerprint density at radius 2 is 1.67 bits per heavy atom. The van der Waals surface area contributed by atoms with Gasteiger partial charge in [0.2, 0.25) is 0 Å². The molecular formula is C35H56O8. The predicted molar refractivity (Wildman–Crippen MR) is 160 cm³/mol. The van der Waals surface area contributed by atoms with Gasteiger partial charge < -0.3 is 29.5 Å². The van der Waals surface area contributed by atoms with Crippen molar-refractivity contribution in [1.29, 1.82) is 0 Å². The molecule has 0 bridgehead atoms. The Kier molecular flexibility index (Phi) is 8.29. The molecule has 2 spiro atoms. The molecule has 43 heavy (non-hydrogen) atoms. The van der Waals surface area contributed by atoms with Gasteiger partial charge in [0.05, 0.1) is 31.5 Å². The molecule has 2 heterocycles. The highest BCUT2D eigenvalue weighted by Gasteiger charge is 2.81. The van der Waals surface area contributed by atoms with Gasteiger partial charge in [-0.3, -0.25) is 9.59 Å². The first-order valence-electron chi connectivity index (χ1n) is 17.2. The summed E-state index contributed by atoms with van der Waals surface area (Å²) >= 11 is 0. The molecule has 7 aliphatic rings. The van der Waals surface area contributed by atoms with E-state index in [9.17, 15) is 24.9 Å². The maximum Gasteiger partial charge on any atom is 0.165 e. The van der Waals surface area contributed by atoms with Crippen LogP contribution < -0.4 is 0 Å². The molecule has 5 saturated carbocycles. The summed E-state index contributed by atoms with van der Waals surface area (Å²) in [5.74, 6) is 2.26. The topological polar surface area (TPSA) is 123 Å². The quantitative estimate of drug-likeness (QED) is 0.403. The molecule has 3 N–H and O–H groups in total. The molecule has 13 atom stereocenters. The summed E-state index contributed by atoms with van der Waals surface area (Å²) in [6.45, 7) is 12.6. The fraction of sp³-hybridized carbons (Fsp3) is 0.943. The van der Waals surface area contributed by atoms with Gasteiger partial charge in [-0.05, 0) is 104 Å². The molecule has 0 aromatic heterocycles. The second-order valence-electron chi connectivity index (χ2n) is 16.5. The summed E-state index contributed by atoms with van der Waals surface area (Å²) in [6.07, 6.45) is 7.68. The molecule has 7 rings (SSSR count). The van der Waals surface area contributed by atoms with E-state index in [4.69, 9.17) is 14.2 Å². The summed E-state index contributed by atoms with van der Waals surface area (Å²) in [5, 5.41) is 29.7. The normalized spacial score (nSPS) is 51.2. The number of aliphatic hydroxyl groups is 3. The highest BCUT2D eigenvalue weighted by Crippen LogP contribution is 2.87. The summed E-state index contributed by atoms with van der Waals surface area (Å²) < 4.78 is 18.5. The summed E-state index contributed by atoms with van der Waals surface area (Å²) in [6, 6.07) is 0. The second-order valence-corrected chi connectivity index (χ2v) is 16.5. The number of Topliss-reactive ketones (excluding diaryl/α,β-unsaturated/α-hetero) is 2. The smallest absolute Gasteiger partial charge is 0.165 e. The highest BCUT2D eigenvalue weighted by molar-refractivity contribution is 5.90. The Balaban J connectivity index is 0.000000501. The van der Waals surface area contributed by atoms with Crippen LogP contribution in [-0.2, 0) is 23.8 Å². The molecule has 0 radical (unpaired) electrons. The molecule has 0 aromatic rings. The first-order valence-corrected chi connectivity index (χ1v) is 17.2. The van der Waals surface area contributed by atoms with Gasteiger partial charge in [0, 0.05) is 18.3 Å². The van der Waals surface area contributed by atoms with E-state index in [0.29, 0.717) is 35.4 Å². The van der Waals surface area contributed by atoms with Crippen LogP contribution in [0.3, 0.4) is 0 Å². The maximum absolute atomic E-state index is 14.0. The molecule has 2 aliphatic heterocycles. The number of hydrogen-bond acceptors (Lipinski definition) is 8. The number of hydrogen-bond donors (Lipinski definition) is 3. The summed E-state index contributed by atoms with van der Waals surface area (Å²) in [4.78, 5) is 24.1. The van der Waals surface area contributed by atoms with E-state index < -0.39 is 18.5 Å². The minimum atomic E-state index is -0.830. The SMILES string of the molecule is CC(=O)C(C)C.CC1(C)C(OC2CC(O)C(O)CO2)CCC23CC24CCC2(C)C5CCC(CO)OC5C(=O)C2C4CCC13. The first-order chi connectivity index (χ1) is 20.2. The highest BCUT2D eigenvalue weighted by atomic mass is 16.7. The zero-order valence-corrected chi connectivity index (χ0v) is 27.2. The average molecular weight is 605 g/mol. The van der Waals surface area contributed by atoms with Gasteiger partial charge in [-0.25, -0.2) is 0 Å². The Morgan fingerprint density at radius 3 is 2.33 bits per heavy atom. The van der Waals surface area contributed by atoms with Crippen molar-refractivity contribution in [3.05, 3.63) is 0 Å². The van der Waals surface area contributed by atoms with Crippen LogP contribution in [0.4, 0.5) is 0 Å². The van der Waals surface area contributed by atoms with Crippen LogP contribution >= 0.6 is 0 Å². The Hall–Kier alpha value is -0.900. The van der Waals surface area contributed by atoms with E-state index in [1.807, 2.05) is 13.8 Å². The average Bonchev–Trinajstić information content (AvgIpc) is 3.58. The Labute approximate surface area is 257 Å². The van der Waals surface area contributed by atoms with Crippen LogP contribution in [0.2, 0.25) is 0 Å². The van der Waals surface area contributed by atoms with Crippen molar-refractivity contribution in [2.75, 3.05) is 13.2 Å². The van der Waals surface area contributed by atoms with Gasteiger partial charge >= 0.3 is 0 Å². The van der Waals surface area contributed by atoms with Crippen LogP contribution in [0.15, 0.2) is 0 Å². The van der Waals surface area contributed by atoms with Crippen LogP contribution in [0.1, 0.15) is 106 Å². The molecule has 244 valence electrons. The van der Waals surface area contributed by atoms with E-state index in [2.05, 4.69) is 20.8 Å². The van der Waals surface area contributed by atoms with Crippen molar-refractivity contribution >= 4 is 11.6 Å². The monoisotopic (exact) mass is 604 g/mol. The molecule has 8 nitrogen and oxygen atoms in total. The predicted octanol–water partition coefficient (Wildman–Crippen LogP) is 4.45. The van der Waals surface area contributed by atoms with Gasteiger partial charge in [0.15, 0.2) is 12.1 Å². The largest absolute Gasteiger partial charge is 0.394 e. The van der Waals surface area contributed by atoms with E-state index in [-0.39, 0.29) is 65.4 Å². The fourth-order valence-electron chi connectivity index (χ4n) is 11.4.